The van der Waals surface area contributed by atoms with E-state index in [1.165, 1.54) is 11.1 Å². The topological polar surface area (TPSA) is 45.7 Å². The van der Waals surface area contributed by atoms with Crippen molar-refractivity contribution >= 4 is 22.4 Å². The summed E-state index contributed by atoms with van der Waals surface area (Å²) in [5.41, 5.74) is 3.23. The van der Waals surface area contributed by atoms with Crippen molar-refractivity contribution in [2.24, 2.45) is 0 Å². The van der Waals surface area contributed by atoms with Gasteiger partial charge in [0.05, 0.1) is 0 Å². The lowest BCUT2D eigenvalue weighted by molar-refractivity contribution is -0.676. The molecule has 28 heavy (non-hydrogen) atoms. The lowest BCUT2D eigenvalue weighted by Crippen LogP contribution is -2.87. The van der Waals surface area contributed by atoms with Gasteiger partial charge in [0.15, 0.2) is 6.54 Å². The SMILES string of the molecule is O=C(C[NH2+]C(c1ccccc1)c1ccccc1)Nc1cccc2ccccc12. The van der Waals surface area contributed by atoms with Crippen molar-refractivity contribution in [1.29, 1.82) is 0 Å². The average Bonchev–Trinajstić information content (AvgIpc) is 2.76. The molecule has 0 fully saturated rings. The summed E-state index contributed by atoms with van der Waals surface area (Å²) in [5, 5.41) is 7.34. The number of amides is 1. The minimum atomic E-state index is -0.00628. The van der Waals surface area contributed by atoms with Crippen LogP contribution in [0.1, 0.15) is 17.2 Å². The molecule has 0 unspecified atom stereocenters. The lowest BCUT2D eigenvalue weighted by Gasteiger charge is -2.16. The maximum absolute atomic E-state index is 12.7. The third-order valence-electron chi connectivity index (χ3n) is 4.92. The summed E-state index contributed by atoms with van der Waals surface area (Å²) >= 11 is 0. The fourth-order valence-electron chi connectivity index (χ4n) is 3.55. The molecule has 138 valence electrons. The molecule has 0 heterocycles. The fraction of sp³-hybridized carbons (Fsp3) is 0.0800. The van der Waals surface area contributed by atoms with Crippen LogP contribution in [0.25, 0.3) is 10.8 Å². The fourth-order valence-corrected chi connectivity index (χ4v) is 3.55. The molecule has 0 bridgehead atoms. The van der Waals surface area contributed by atoms with Gasteiger partial charge >= 0.3 is 0 Å². The van der Waals surface area contributed by atoms with Gasteiger partial charge in [-0.3, -0.25) is 4.79 Å². The van der Waals surface area contributed by atoms with Crippen molar-refractivity contribution in [3.05, 3.63) is 114 Å². The first kappa shape index (κ1) is 18.0. The summed E-state index contributed by atoms with van der Waals surface area (Å²) in [6, 6.07) is 34.7. The number of anilines is 1. The third kappa shape index (κ3) is 4.11. The molecular formula is C25H23N2O+. The van der Waals surface area contributed by atoms with Crippen LogP contribution in [0.3, 0.4) is 0 Å². The highest BCUT2D eigenvalue weighted by atomic mass is 16.1. The minimum absolute atomic E-state index is 0.00628. The summed E-state index contributed by atoms with van der Waals surface area (Å²) in [5.74, 6) is -0.00628. The van der Waals surface area contributed by atoms with Gasteiger partial charge in [0.1, 0.15) is 6.04 Å². The van der Waals surface area contributed by atoms with Crippen LogP contribution in [0.2, 0.25) is 0 Å². The molecule has 3 N–H and O–H groups in total. The highest BCUT2D eigenvalue weighted by Gasteiger charge is 2.18. The van der Waals surface area contributed by atoms with Gasteiger partial charge in [-0.25, -0.2) is 0 Å². The van der Waals surface area contributed by atoms with Gasteiger partial charge in [-0.15, -0.1) is 0 Å². The van der Waals surface area contributed by atoms with E-state index in [4.69, 9.17) is 0 Å². The van der Waals surface area contributed by atoms with Crippen LogP contribution in [0.4, 0.5) is 5.69 Å². The van der Waals surface area contributed by atoms with Crippen molar-refractivity contribution in [2.75, 3.05) is 11.9 Å². The van der Waals surface area contributed by atoms with E-state index in [-0.39, 0.29) is 11.9 Å². The zero-order valence-electron chi connectivity index (χ0n) is 15.6. The molecule has 0 aliphatic carbocycles. The van der Waals surface area contributed by atoms with Gasteiger partial charge in [0.2, 0.25) is 0 Å². The van der Waals surface area contributed by atoms with Gasteiger partial charge in [0, 0.05) is 22.2 Å². The Morgan fingerprint density at radius 1 is 0.714 bits per heavy atom. The summed E-state index contributed by atoms with van der Waals surface area (Å²) < 4.78 is 0. The van der Waals surface area contributed by atoms with E-state index in [9.17, 15) is 4.79 Å². The van der Waals surface area contributed by atoms with Gasteiger partial charge in [-0.2, -0.15) is 0 Å². The predicted molar refractivity (Wildman–Crippen MR) is 114 cm³/mol. The smallest absolute Gasteiger partial charge is 0.279 e. The van der Waals surface area contributed by atoms with Crippen LogP contribution >= 0.6 is 0 Å². The highest BCUT2D eigenvalue weighted by molar-refractivity contribution is 6.02. The molecule has 0 spiro atoms. The molecule has 0 radical (unpaired) electrons. The number of carbonyl (C=O) groups is 1. The maximum Gasteiger partial charge on any atom is 0.279 e. The number of quaternary nitrogens is 1. The molecule has 0 saturated carbocycles. The Morgan fingerprint density at radius 2 is 1.29 bits per heavy atom. The van der Waals surface area contributed by atoms with E-state index in [1.807, 2.05) is 66.7 Å². The van der Waals surface area contributed by atoms with Crippen LogP contribution in [0, 0.1) is 0 Å². The maximum atomic E-state index is 12.7. The first-order valence-corrected chi connectivity index (χ1v) is 9.52. The Kier molecular flexibility index (Phi) is 5.46. The molecule has 0 aromatic heterocycles. The number of rotatable bonds is 6. The molecule has 0 saturated heterocycles. The molecule has 0 aliphatic heterocycles. The van der Waals surface area contributed by atoms with E-state index in [1.54, 1.807) is 0 Å². The Morgan fingerprint density at radius 3 is 1.96 bits per heavy atom. The Bertz CT molecular complexity index is 1020. The van der Waals surface area contributed by atoms with E-state index in [2.05, 4.69) is 47.0 Å². The predicted octanol–water partition coefficient (Wildman–Crippen LogP) is 4.13. The molecule has 3 heteroatoms. The number of nitrogens with one attached hydrogen (secondary N) is 1. The Labute approximate surface area is 165 Å². The van der Waals surface area contributed by atoms with E-state index >= 15 is 0 Å². The summed E-state index contributed by atoms with van der Waals surface area (Å²) in [6.45, 7) is 0.345. The van der Waals surface area contributed by atoms with Crippen molar-refractivity contribution in [2.45, 2.75) is 6.04 Å². The molecule has 4 rings (SSSR count). The largest absolute Gasteiger partial charge is 0.328 e. The summed E-state index contributed by atoms with van der Waals surface area (Å²) in [6.07, 6.45) is 0. The second kappa shape index (κ2) is 8.51. The molecule has 3 nitrogen and oxygen atoms in total. The van der Waals surface area contributed by atoms with Gasteiger partial charge < -0.3 is 10.6 Å². The van der Waals surface area contributed by atoms with E-state index < -0.39 is 0 Å². The molecule has 4 aromatic carbocycles. The standard InChI is InChI=1S/C25H22N2O/c28-24(27-23-17-9-15-19-10-7-8-16-22(19)23)18-26-25(20-11-3-1-4-12-20)21-13-5-2-6-14-21/h1-17,25-26H,18H2,(H,27,28)/p+1. The van der Waals surface area contributed by atoms with E-state index in [0.29, 0.717) is 6.54 Å². The highest BCUT2D eigenvalue weighted by Crippen LogP contribution is 2.23. The van der Waals surface area contributed by atoms with E-state index in [0.717, 1.165) is 16.5 Å². The number of benzene rings is 4. The van der Waals surface area contributed by atoms with Crippen molar-refractivity contribution in [3.8, 4) is 0 Å². The third-order valence-corrected chi connectivity index (χ3v) is 4.92. The summed E-state index contributed by atoms with van der Waals surface area (Å²) in [7, 11) is 0. The number of carbonyl (C=O) groups excluding carboxylic acids is 1. The number of fused-ring (bicyclic) bond motifs is 1. The monoisotopic (exact) mass is 367 g/mol. The number of hydrogen-bond donors (Lipinski definition) is 2. The quantitative estimate of drug-likeness (QED) is 0.529. The first-order chi connectivity index (χ1) is 13.8. The molecular weight excluding hydrogens is 344 g/mol. The Hall–Kier alpha value is -3.43. The van der Waals surface area contributed by atoms with Gasteiger partial charge in [-0.05, 0) is 11.5 Å². The second-order valence-corrected chi connectivity index (χ2v) is 6.81. The molecule has 0 aliphatic rings. The number of hydrogen-bond acceptors (Lipinski definition) is 1. The molecule has 1 amide bonds. The van der Waals surface area contributed by atoms with Crippen molar-refractivity contribution < 1.29 is 10.1 Å². The van der Waals surface area contributed by atoms with Crippen molar-refractivity contribution in [3.63, 3.8) is 0 Å². The van der Waals surface area contributed by atoms with Crippen LogP contribution < -0.4 is 10.6 Å². The molecule has 0 atom stereocenters. The lowest BCUT2D eigenvalue weighted by atomic mass is 9.99. The Balaban J connectivity index is 1.50. The summed E-state index contributed by atoms with van der Waals surface area (Å²) in [4.78, 5) is 12.7. The van der Waals surface area contributed by atoms with Crippen LogP contribution in [-0.2, 0) is 4.79 Å². The van der Waals surface area contributed by atoms with Crippen molar-refractivity contribution in [1.82, 2.24) is 0 Å². The van der Waals surface area contributed by atoms with Crippen LogP contribution in [0.15, 0.2) is 103 Å². The zero-order chi connectivity index (χ0) is 19.2. The van der Waals surface area contributed by atoms with Gasteiger partial charge in [0.25, 0.3) is 5.91 Å². The van der Waals surface area contributed by atoms with Crippen LogP contribution in [0.5, 0.6) is 0 Å². The van der Waals surface area contributed by atoms with Crippen LogP contribution in [-0.4, -0.2) is 12.5 Å². The normalized spacial score (nSPS) is 10.9. The molecule has 4 aromatic rings. The zero-order valence-corrected chi connectivity index (χ0v) is 15.6. The minimum Gasteiger partial charge on any atom is -0.328 e. The number of nitrogens with two attached hydrogens (primary N) is 1. The second-order valence-electron chi connectivity index (χ2n) is 6.81. The average molecular weight is 367 g/mol. The van der Waals surface area contributed by atoms with Gasteiger partial charge in [-0.1, -0.05) is 97.1 Å². The first-order valence-electron chi connectivity index (χ1n) is 9.52.